The van der Waals surface area contributed by atoms with Crippen LogP contribution < -0.4 is 11.1 Å². The van der Waals surface area contributed by atoms with Gasteiger partial charge in [-0.3, -0.25) is 4.79 Å². The van der Waals surface area contributed by atoms with Gasteiger partial charge in [-0.25, -0.2) is 0 Å². The lowest BCUT2D eigenvalue weighted by Crippen LogP contribution is -2.40. The number of anilines is 2. The Morgan fingerprint density at radius 1 is 1.23 bits per heavy atom. The molecule has 158 valence electrons. The lowest BCUT2D eigenvalue weighted by atomic mass is 10.0. The highest BCUT2D eigenvalue weighted by Crippen LogP contribution is 2.40. The van der Waals surface area contributed by atoms with Crippen LogP contribution in [-0.4, -0.2) is 58.0 Å². The minimum Gasteiger partial charge on any atom is -0.505 e. The monoisotopic (exact) mass is 429 g/mol. The van der Waals surface area contributed by atoms with Gasteiger partial charge in [0.25, 0.3) is 6.47 Å². The van der Waals surface area contributed by atoms with Crippen LogP contribution in [0.2, 0.25) is 5.02 Å². The molecule has 9 heteroatoms. The number of piperidine rings is 1. The summed E-state index contributed by atoms with van der Waals surface area (Å²) in [5.41, 5.74) is 7.13. The van der Waals surface area contributed by atoms with E-state index in [4.69, 9.17) is 27.2 Å². The normalized spacial score (nSPS) is 16.5. The van der Waals surface area contributed by atoms with Crippen LogP contribution in [0.15, 0.2) is 36.4 Å². The largest absolute Gasteiger partial charge is 0.505 e. The first-order valence-electron chi connectivity index (χ1n) is 9.52. The maximum atomic E-state index is 10.5. The summed E-state index contributed by atoms with van der Waals surface area (Å²) in [5, 5.41) is 31.9. The summed E-state index contributed by atoms with van der Waals surface area (Å²) in [4.78, 5) is 10.7. The van der Waals surface area contributed by atoms with Crippen molar-refractivity contribution in [1.82, 2.24) is 15.1 Å². The molecule has 0 spiro atoms. The maximum absolute atomic E-state index is 10.5. The molecule has 0 unspecified atom stereocenters. The topological polar surface area (TPSA) is 125 Å². The van der Waals surface area contributed by atoms with Crippen molar-refractivity contribution in [2.45, 2.75) is 18.9 Å². The Kier molecular flexibility index (Phi) is 6.91. The number of fused-ring (bicyclic) bond motifs is 1. The zero-order valence-electron chi connectivity index (χ0n) is 16.5. The molecule has 2 aromatic carbocycles. The van der Waals surface area contributed by atoms with Gasteiger partial charge in [0.2, 0.25) is 0 Å². The van der Waals surface area contributed by atoms with Gasteiger partial charge in [0.1, 0.15) is 11.4 Å². The summed E-state index contributed by atoms with van der Waals surface area (Å²) in [7, 11) is 2.13. The number of carboxylic acid groups (broad SMARTS) is 1. The summed E-state index contributed by atoms with van der Waals surface area (Å²) in [6, 6.07) is 11.6. The minimum absolute atomic E-state index is 0.0726. The second-order valence-corrected chi connectivity index (χ2v) is 7.56. The third kappa shape index (κ3) is 4.55. The minimum atomic E-state index is -0.250. The molecule has 0 amide bonds. The standard InChI is InChI=1S/C20H22ClN5O.CH2O2/c1-26-10-4-5-12(11-26)23-20-14-7-3-2-6-13(14)18(24-25-20)15-8-9-16(21)17(22)19(15)27;2-1-3/h2-3,6-9,12,27H,4-5,10-11,22H2,1H3,(H,23,25);1H,(H,2,3)/t12-;/m1./s1. The molecule has 4 rings (SSSR count). The van der Waals surface area contributed by atoms with E-state index in [1.807, 2.05) is 24.3 Å². The third-order valence-electron chi connectivity index (χ3n) is 5.07. The molecule has 0 radical (unpaired) electrons. The van der Waals surface area contributed by atoms with Crippen molar-refractivity contribution >= 4 is 40.4 Å². The number of phenolic OH excluding ortho intramolecular Hbond substituents is 1. The van der Waals surface area contributed by atoms with E-state index < -0.39 is 0 Å². The molecule has 0 aliphatic carbocycles. The van der Waals surface area contributed by atoms with E-state index in [1.165, 1.54) is 0 Å². The number of hydrogen-bond acceptors (Lipinski definition) is 7. The number of hydrogen-bond donors (Lipinski definition) is 4. The third-order valence-corrected chi connectivity index (χ3v) is 5.40. The predicted molar refractivity (Wildman–Crippen MR) is 119 cm³/mol. The van der Waals surface area contributed by atoms with E-state index in [0.717, 1.165) is 42.5 Å². The van der Waals surface area contributed by atoms with Gasteiger partial charge in [0.15, 0.2) is 5.82 Å². The fraction of sp³-hybridized carbons (Fsp3) is 0.286. The quantitative estimate of drug-likeness (QED) is 0.283. The number of carbonyl (C=O) groups is 1. The van der Waals surface area contributed by atoms with Crippen molar-refractivity contribution in [3.8, 4) is 17.0 Å². The van der Waals surface area contributed by atoms with Crippen LogP contribution in [0.25, 0.3) is 22.0 Å². The van der Waals surface area contributed by atoms with Crippen molar-refractivity contribution in [3.05, 3.63) is 41.4 Å². The van der Waals surface area contributed by atoms with Crippen molar-refractivity contribution in [1.29, 1.82) is 0 Å². The van der Waals surface area contributed by atoms with E-state index in [1.54, 1.807) is 12.1 Å². The fourth-order valence-electron chi connectivity index (χ4n) is 3.66. The van der Waals surface area contributed by atoms with Gasteiger partial charge in [-0.2, -0.15) is 0 Å². The Bertz CT molecular complexity index is 1050. The van der Waals surface area contributed by atoms with Gasteiger partial charge in [0, 0.05) is 28.9 Å². The van der Waals surface area contributed by atoms with Crippen LogP contribution in [0, 0.1) is 0 Å². The molecule has 1 fully saturated rings. The number of nitrogens with two attached hydrogens (primary N) is 1. The Labute approximate surface area is 179 Å². The van der Waals surface area contributed by atoms with E-state index >= 15 is 0 Å². The zero-order chi connectivity index (χ0) is 21.7. The van der Waals surface area contributed by atoms with Crippen LogP contribution in [-0.2, 0) is 4.79 Å². The van der Waals surface area contributed by atoms with E-state index in [2.05, 4.69) is 27.5 Å². The number of nitrogens with one attached hydrogen (secondary N) is 1. The number of aromatic hydroxyl groups is 1. The maximum Gasteiger partial charge on any atom is 0.290 e. The predicted octanol–water partition coefficient (Wildman–Crippen LogP) is 3.44. The fourth-order valence-corrected chi connectivity index (χ4v) is 3.81. The molecule has 1 atom stereocenters. The van der Waals surface area contributed by atoms with Gasteiger partial charge in [-0.15, -0.1) is 10.2 Å². The molecule has 8 nitrogen and oxygen atoms in total. The van der Waals surface area contributed by atoms with Crippen molar-refractivity contribution in [3.63, 3.8) is 0 Å². The van der Waals surface area contributed by atoms with Crippen LogP contribution >= 0.6 is 11.6 Å². The Balaban J connectivity index is 0.000000806. The molecule has 1 aliphatic rings. The highest BCUT2D eigenvalue weighted by Gasteiger charge is 2.20. The number of aromatic nitrogens is 2. The summed E-state index contributed by atoms with van der Waals surface area (Å²) >= 11 is 6.00. The van der Waals surface area contributed by atoms with Crippen molar-refractivity contribution < 1.29 is 15.0 Å². The average molecular weight is 430 g/mol. The average Bonchev–Trinajstić information content (AvgIpc) is 2.74. The van der Waals surface area contributed by atoms with E-state index in [0.29, 0.717) is 22.3 Å². The molecule has 30 heavy (non-hydrogen) atoms. The molecule has 5 N–H and O–H groups in total. The molecule has 0 saturated carbocycles. The first-order valence-corrected chi connectivity index (χ1v) is 9.89. The van der Waals surface area contributed by atoms with Crippen molar-refractivity contribution in [2.75, 3.05) is 31.2 Å². The van der Waals surface area contributed by atoms with Gasteiger partial charge in [0.05, 0.1) is 10.7 Å². The van der Waals surface area contributed by atoms with Gasteiger partial charge in [-0.05, 0) is 38.6 Å². The van der Waals surface area contributed by atoms with Crippen molar-refractivity contribution in [2.24, 2.45) is 0 Å². The van der Waals surface area contributed by atoms with Crippen LogP contribution in [0.1, 0.15) is 12.8 Å². The first-order chi connectivity index (χ1) is 14.5. The second-order valence-electron chi connectivity index (χ2n) is 7.15. The molecular weight excluding hydrogens is 406 g/mol. The Morgan fingerprint density at radius 2 is 1.93 bits per heavy atom. The Morgan fingerprint density at radius 3 is 2.63 bits per heavy atom. The molecular formula is C21H24ClN5O3. The number of rotatable bonds is 3. The van der Waals surface area contributed by atoms with Crippen LogP contribution in [0.4, 0.5) is 11.5 Å². The number of nitrogens with zero attached hydrogens (tertiary/aromatic N) is 3. The zero-order valence-corrected chi connectivity index (χ0v) is 17.3. The molecule has 2 heterocycles. The van der Waals surface area contributed by atoms with Crippen LogP contribution in [0.3, 0.4) is 0 Å². The summed E-state index contributed by atoms with van der Waals surface area (Å²) in [6.45, 7) is 1.85. The highest BCUT2D eigenvalue weighted by atomic mass is 35.5. The molecule has 0 bridgehead atoms. The van der Waals surface area contributed by atoms with Gasteiger partial charge in [-0.1, -0.05) is 35.9 Å². The first kappa shape index (κ1) is 21.6. The van der Waals surface area contributed by atoms with Gasteiger partial charge >= 0.3 is 0 Å². The summed E-state index contributed by atoms with van der Waals surface area (Å²) < 4.78 is 0. The van der Waals surface area contributed by atoms with E-state index in [-0.39, 0.29) is 17.9 Å². The lowest BCUT2D eigenvalue weighted by Gasteiger charge is -2.30. The smallest absolute Gasteiger partial charge is 0.290 e. The number of phenols is 1. The summed E-state index contributed by atoms with van der Waals surface area (Å²) in [5.74, 6) is 0.688. The number of nitrogen functional groups attached to an aromatic ring is 1. The highest BCUT2D eigenvalue weighted by molar-refractivity contribution is 6.33. The number of benzene rings is 2. The molecule has 1 saturated heterocycles. The summed E-state index contributed by atoms with van der Waals surface area (Å²) in [6.07, 6.45) is 2.27. The molecule has 3 aromatic rings. The lowest BCUT2D eigenvalue weighted by molar-refractivity contribution is -0.122. The number of halogens is 1. The van der Waals surface area contributed by atoms with Crippen LogP contribution in [0.5, 0.6) is 5.75 Å². The number of likely N-dealkylation sites (N-methyl/N-ethyl adjacent to an activating group) is 1. The second kappa shape index (κ2) is 9.60. The molecule has 1 aliphatic heterocycles. The number of likely N-dealkylation sites (tertiary alicyclic amines) is 1. The van der Waals surface area contributed by atoms with Gasteiger partial charge < -0.3 is 26.2 Å². The SMILES string of the molecule is CN1CCC[C@@H](Nc2nnc(-c3ccc(Cl)c(N)c3O)c3ccccc23)C1.O=CO. The molecule has 1 aromatic heterocycles. The van der Waals surface area contributed by atoms with E-state index in [9.17, 15) is 5.11 Å². The Hall–Kier alpha value is -3.10.